The van der Waals surface area contributed by atoms with Gasteiger partial charge in [0.05, 0.1) is 12.3 Å². The number of nitrogens with zero attached hydrogens (tertiary/aromatic N) is 3. The monoisotopic (exact) mass is 481 g/mol. The Hall–Kier alpha value is -3.33. The molecule has 3 rings (SSSR count). The molecule has 9 heteroatoms. The number of ether oxygens (including phenoxy) is 1. The number of benzene rings is 2. The fraction of sp³-hybridized carbons (Fsp3) is 0.360. The van der Waals surface area contributed by atoms with Crippen LogP contribution in [0.2, 0.25) is 0 Å². The summed E-state index contributed by atoms with van der Waals surface area (Å²) in [5.41, 5.74) is 4.19. The molecule has 0 saturated carbocycles. The molecule has 180 valence electrons. The van der Waals surface area contributed by atoms with Gasteiger partial charge >= 0.3 is 0 Å². The van der Waals surface area contributed by atoms with Gasteiger partial charge in [0, 0.05) is 12.7 Å². The number of hydrogen-bond donors (Lipinski definition) is 2. The van der Waals surface area contributed by atoms with E-state index >= 15 is 0 Å². The first kappa shape index (κ1) is 25.3. The van der Waals surface area contributed by atoms with E-state index in [1.807, 2.05) is 50.2 Å². The smallest absolute Gasteiger partial charge is 0.258 e. The van der Waals surface area contributed by atoms with Gasteiger partial charge in [0.1, 0.15) is 5.75 Å². The summed E-state index contributed by atoms with van der Waals surface area (Å²) in [5, 5.41) is 14.5. The van der Waals surface area contributed by atoms with Crippen LogP contribution in [0.1, 0.15) is 42.3 Å². The lowest BCUT2D eigenvalue weighted by atomic mass is 10.0. The second kappa shape index (κ2) is 11.7. The maximum Gasteiger partial charge on any atom is 0.258 e. The Morgan fingerprint density at radius 2 is 1.71 bits per heavy atom. The van der Waals surface area contributed by atoms with Gasteiger partial charge in [0.25, 0.3) is 5.91 Å². The standard InChI is InChI=1S/C25H31N5O3S/c1-16(2)19-6-8-21(9-7-19)33-14-23(31)26-13-22-28-29-25(30(22)5)34-15-24(32)27-20-11-17(3)10-18(4)12-20/h6-12,16H,13-15H2,1-5H3,(H,26,31)(H,27,32). The first-order chi connectivity index (χ1) is 16.2. The number of amides is 2. The van der Waals surface area contributed by atoms with Crippen molar-refractivity contribution in [3.8, 4) is 5.75 Å². The van der Waals surface area contributed by atoms with Crippen LogP contribution in [0.4, 0.5) is 5.69 Å². The van der Waals surface area contributed by atoms with Gasteiger partial charge in [-0.05, 0) is 60.7 Å². The molecule has 2 aromatic carbocycles. The largest absolute Gasteiger partial charge is 0.484 e. The predicted molar refractivity (Wildman–Crippen MR) is 134 cm³/mol. The van der Waals surface area contributed by atoms with Crippen LogP contribution >= 0.6 is 11.8 Å². The molecule has 0 fully saturated rings. The number of carbonyl (C=O) groups excluding carboxylic acids is 2. The van der Waals surface area contributed by atoms with Crippen molar-refractivity contribution in [2.45, 2.75) is 45.3 Å². The summed E-state index contributed by atoms with van der Waals surface area (Å²) >= 11 is 1.29. The normalized spacial score (nSPS) is 10.9. The maximum absolute atomic E-state index is 12.3. The Labute approximate surface area is 204 Å². The minimum Gasteiger partial charge on any atom is -0.484 e. The summed E-state index contributed by atoms with van der Waals surface area (Å²) in [5.74, 6) is 1.51. The second-order valence-electron chi connectivity index (χ2n) is 8.46. The summed E-state index contributed by atoms with van der Waals surface area (Å²) in [6, 6.07) is 13.7. The van der Waals surface area contributed by atoms with E-state index in [0.29, 0.717) is 22.6 Å². The lowest BCUT2D eigenvalue weighted by Gasteiger charge is -2.09. The number of thioether (sulfide) groups is 1. The summed E-state index contributed by atoms with van der Waals surface area (Å²) in [7, 11) is 1.80. The van der Waals surface area contributed by atoms with Gasteiger partial charge in [-0.3, -0.25) is 9.59 Å². The van der Waals surface area contributed by atoms with Crippen molar-refractivity contribution >= 4 is 29.3 Å². The van der Waals surface area contributed by atoms with Gasteiger partial charge in [-0.2, -0.15) is 0 Å². The van der Waals surface area contributed by atoms with Crippen LogP contribution in [0.5, 0.6) is 5.75 Å². The highest BCUT2D eigenvalue weighted by atomic mass is 32.2. The number of aromatic nitrogens is 3. The molecular formula is C25H31N5O3S. The molecule has 8 nitrogen and oxygen atoms in total. The molecule has 0 atom stereocenters. The Kier molecular flexibility index (Phi) is 8.70. The van der Waals surface area contributed by atoms with Gasteiger partial charge in [-0.25, -0.2) is 0 Å². The summed E-state index contributed by atoms with van der Waals surface area (Å²) in [4.78, 5) is 24.5. The topological polar surface area (TPSA) is 98.1 Å². The number of aryl methyl sites for hydroxylation is 2. The molecule has 0 saturated heterocycles. The minimum absolute atomic E-state index is 0.0842. The van der Waals surface area contributed by atoms with Crippen molar-refractivity contribution in [2.75, 3.05) is 17.7 Å². The van der Waals surface area contributed by atoms with Crippen LogP contribution in [-0.2, 0) is 23.2 Å². The van der Waals surface area contributed by atoms with Crippen molar-refractivity contribution < 1.29 is 14.3 Å². The summed E-state index contributed by atoms with van der Waals surface area (Å²) < 4.78 is 7.32. The van der Waals surface area contributed by atoms with Crippen LogP contribution in [0.25, 0.3) is 0 Å². The molecule has 2 amide bonds. The third kappa shape index (κ3) is 7.34. The minimum atomic E-state index is -0.252. The third-order valence-corrected chi connectivity index (χ3v) is 6.14. The number of nitrogens with one attached hydrogen (secondary N) is 2. The van der Waals surface area contributed by atoms with Gasteiger partial charge < -0.3 is 19.9 Å². The fourth-order valence-corrected chi connectivity index (χ4v) is 4.06. The van der Waals surface area contributed by atoms with Gasteiger partial charge in [0.2, 0.25) is 5.91 Å². The molecule has 0 aliphatic rings. The van der Waals surface area contributed by atoms with E-state index in [4.69, 9.17) is 4.74 Å². The molecule has 0 bridgehead atoms. The SMILES string of the molecule is Cc1cc(C)cc(NC(=O)CSc2nnc(CNC(=O)COc3ccc(C(C)C)cc3)n2C)c1. The zero-order chi connectivity index (χ0) is 24.7. The van der Waals surface area contributed by atoms with Crippen molar-refractivity contribution in [3.05, 3.63) is 65.0 Å². The van der Waals surface area contributed by atoms with Crippen molar-refractivity contribution in [2.24, 2.45) is 7.05 Å². The summed E-state index contributed by atoms with van der Waals surface area (Å²) in [6.07, 6.45) is 0. The van der Waals surface area contributed by atoms with E-state index in [9.17, 15) is 9.59 Å². The summed E-state index contributed by atoms with van der Waals surface area (Å²) in [6.45, 7) is 8.37. The first-order valence-electron chi connectivity index (χ1n) is 11.1. The average molecular weight is 482 g/mol. The fourth-order valence-electron chi connectivity index (χ4n) is 3.33. The number of hydrogen-bond acceptors (Lipinski definition) is 6. The lowest BCUT2D eigenvalue weighted by Crippen LogP contribution is -2.29. The molecule has 34 heavy (non-hydrogen) atoms. The number of anilines is 1. The molecule has 1 heterocycles. The maximum atomic E-state index is 12.3. The van der Waals surface area contributed by atoms with Crippen LogP contribution in [-0.4, -0.2) is 38.9 Å². The van der Waals surface area contributed by atoms with Crippen LogP contribution in [0, 0.1) is 13.8 Å². The molecule has 0 aliphatic carbocycles. The zero-order valence-electron chi connectivity index (χ0n) is 20.2. The number of rotatable bonds is 10. The molecule has 0 aliphatic heterocycles. The van der Waals surface area contributed by atoms with Crippen molar-refractivity contribution in [1.29, 1.82) is 0 Å². The molecule has 2 N–H and O–H groups in total. The highest BCUT2D eigenvalue weighted by Gasteiger charge is 2.13. The van der Waals surface area contributed by atoms with E-state index in [2.05, 4.69) is 40.7 Å². The highest BCUT2D eigenvalue weighted by Crippen LogP contribution is 2.19. The molecule has 0 radical (unpaired) electrons. The quantitative estimate of drug-likeness (QED) is 0.425. The number of carbonyl (C=O) groups is 2. The second-order valence-corrected chi connectivity index (χ2v) is 9.40. The highest BCUT2D eigenvalue weighted by molar-refractivity contribution is 7.99. The zero-order valence-corrected chi connectivity index (χ0v) is 21.0. The van der Waals surface area contributed by atoms with E-state index in [0.717, 1.165) is 16.8 Å². The Morgan fingerprint density at radius 3 is 2.35 bits per heavy atom. The van der Waals surface area contributed by atoms with Crippen LogP contribution in [0.15, 0.2) is 47.6 Å². The van der Waals surface area contributed by atoms with E-state index in [-0.39, 0.29) is 30.7 Å². The van der Waals surface area contributed by atoms with Crippen LogP contribution in [0.3, 0.4) is 0 Å². The molecular weight excluding hydrogens is 450 g/mol. The third-order valence-electron chi connectivity index (χ3n) is 5.12. The van der Waals surface area contributed by atoms with E-state index < -0.39 is 0 Å². The molecule has 3 aromatic rings. The Morgan fingerprint density at radius 1 is 1.03 bits per heavy atom. The Balaban J connectivity index is 1.43. The molecule has 0 spiro atoms. The van der Waals surface area contributed by atoms with Crippen LogP contribution < -0.4 is 15.4 Å². The molecule has 1 aromatic heterocycles. The van der Waals surface area contributed by atoms with Gasteiger partial charge in [-0.1, -0.05) is 43.8 Å². The average Bonchev–Trinajstić information content (AvgIpc) is 3.13. The van der Waals surface area contributed by atoms with E-state index in [1.165, 1.54) is 17.3 Å². The van der Waals surface area contributed by atoms with Crippen molar-refractivity contribution in [3.63, 3.8) is 0 Å². The first-order valence-corrected chi connectivity index (χ1v) is 12.1. The van der Waals surface area contributed by atoms with Gasteiger partial charge in [-0.15, -0.1) is 10.2 Å². The van der Waals surface area contributed by atoms with E-state index in [1.54, 1.807) is 11.6 Å². The molecule has 0 unspecified atom stereocenters. The van der Waals surface area contributed by atoms with Gasteiger partial charge in [0.15, 0.2) is 17.6 Å². The Bertz CT molecular complexity index is 1120. The predicted octanol–water partition coefficient (Wildman–Crippen LogP) is 3.98. The lowest BCUT2D eigenvalue weighted by molar-refractivity contribution is -0.123. The van der Waals surface area contributed by atoms with Crippen molar-refractivity contribution in [1.82, 2.24) is 20.1 Å².